The molecule has 0 aliphatic carbocycles. The van der Waals surface area contributed by atoms with E-state index in [0.717, 1.165) is 63.2 Å². The van der Waals surface area contributed by atoms with E-state index >= 15 is 0 Å². The molecular formula is C26H46N2O2S2. The first kappa shape index (κ1) is 31.0. The maximum atomic E-state index is 12.2. The summed E-state index contributed by atoms with van der Waals surface area (Å²) >= 11 is 0. The number of aliphatic hydroxyl groups excluding tert-OH is 1. The second-order valence-corrected chi connectivity index (χ2v) is 10.7. The van der Waals surface area contributed by atoms with Crippen molar-refractivity contribution in [3.05, 3.63) is 47.6 Å². The Morgan fingerprint density at radius 1 is 0.906 bits per heavy atom. The molecule has 1 amide bonds. The number of hydrogen-bond donors (Lipinski definition) is 1. The average molecular weight is 483 g/mol. The molecule has 0 saturated carbocycles. The van der Waals surface area contributed by atoms with E-state index in [1.807, 2.05) is 11.9 Å². The first-order chi connectivity index (χ1) is 15.4. The van der Waals surface area contributed by atoms with Gasteiger partial charge >= 0.3 is 0 Å². The van der Waals surface area contributed by atoms with Crippen LogP contribution in [0.1, 0.15) is 59.3 Å². The van der Waals surface area contributed by atoms with Crippen LogP contribution in [0.3, 0.4) is 0 Å². The van der Waals surface area contributed by atoms with Crippen molar-refractivity contribution in [1.82, 2.24) is 9.80 Å². The van der Waals surface area contributed by atoms with Gasteiger partial charge in [0.05, 0.1) is 0 Å². The quantitative estimate of drug-likeness (QED) is 0.137. The van der Waals surface area contributed by atoms with E-state index in [0.29, 0.717) is 6.42 Å². The minimum absolute atomic E-state index is 0.241. The summed E-state index contributed by atoms with van der Waals surface area (Å²) in [5, 5.41) is 8.75. The largest absolute Gasteiger partial charge is 0.396 e. The standard InChI is InChI=1S/C26H46N2O2S2/c1-6-24(3)14-8-9-15-25(7-2)16-10-18-27(4)19-12-20-28(5)26(30)17-11-22-31-32-23-13-21-29/h6-8,10,14,16,29H,9,11-13,15,17-23H2,1-5H3/b14-8+,16-10-,24-6+,25-7-. The highest BCUT2D eigenvalue weighted by molar-refractivity contribution is 8.76. The SMILES string of the molecule is C/C=C(\C=C/CN(C)CCCN(C)C(=O)CCCSSCCCO)CC/C=C/C(C)=C/C. The Hall–Kier alpha value is -0.950. The first-order valence-electron chi connectivity index (χ1n) is 11.8. The third-order valence-corrected chi connectivity index (χ3v) is 7.68. The van der Waals surface area contributed by atoms with Gasteiger partial charge < -0.3 is 14.9 Å². The number of amides is 1. The zero-order valence-corrected chi connectivity index (χ0v) is 22.6. The molecule has 184 valence electrons. The summed E-state index contributed by atoms with van der Waals surface area (Å²) in [4.78, 5) is 16.4. The van der Waals surface area contributed by atoms with Crippen molar-refractivity contribution in [1.29, 1.82) is 0 Å². The summed E-state index contributed by atoms with van der Waals surface area (Å²) in [6.07, 6.45) is 18.7. The molecule has 4 nitrogen and oxygen atoms in total. The van der Waals surface area contributed by atoms with Gasteiger partial charge in [0, 0.05) is 44.7 Å². The molecule has 0 aromatic rings. The van der Waals surface area contributed by atoms with E-state index in [9.17, 15) is 4.79 Å². The second kappa shape index (κ2) is 21.9. The fraction of sp³-hybridized carbons (Fsp3) is 0.654. The van der Waals surface area contributed by atoms with Crippen molar-refractivity contribution in [3.63, 3.8) is 0 Å². The molecule has 0 saturated heterocycles. The van der Waals surface area contributed by atoms with E-state index < -0.39 is 0 Å². The third kappa shape index (κ3) is 18.6. The minimum atomic E-state index is 0.241. The first-order valence-corrected chi connectivity index (χ1v) is 14.3. The molecule has 6 heteroatoms. The van der Waals surface area contributed by atoms with Gasteiger partial charge in [-0.3, -0.25) is 4.79 Å². The Bertz CT molecular complexity index is 601. The lowest BCUT2D eigenvalue weighted by molar-refractivity contribution is -0.130. The van der Waals surface area contributed by atoms with Crippen LogP contribution in [0.4, 0.5) is 0 Å². The van der Waals surface area contributed by atoms with Gasteiger partial charge in [-0.25, -0.2) is 0 Å². The van der Waals surface area contributed by atoms with Gasteiger partial charge in [-0.05, 0) is 66.5 Å². The molecular weight excluding hydrogens is 436 g/mol. The van der Waals surface area contributed by atoms with E-state index in [2.05, 4.69) is 69.2 Å². The van der Waals surface area contributed by atoms with Gasteiger partial charge in [0.15, 0.2) is 0 Å². The monoisotopic (exact) mass is 482 g/mol. The molecule has 0 heterocycles. The predicted molar refractivity (Wildman–Crippen MR) is 146 cm³/mol. The molecule has 0 aromatic carbocycles. The molecule has 0 unspecified atom stereocenters. The normalized spacial score (nSPS) is 13.1. The van der Waals surface area contributed by atoms with E-state index in [-0.39, 0.29) is 12.5 Å². The van der Waals surface area contributed by atoms with Crippen LogP contribution in [0.25, 0.3) is 0 Å². The number of carbonyl (C=O) groups excluding carboxylic acids is 1. The van der Waals surface area contributed by atoms with Crippen molar-refractivity contribution in [2.75, 3.05) is 51.8 Å². The lowest BCUT2D eigenvalue weighted by Gasteiger charge is -2.20. The molecule has 0 bridgehead atoms. The Kier molecular flexibility index (Phi) is 21.2. The Labute approximate surface area is 205 Å². The van der Waals surface area contributed by atoms with Crippen LogP contribution in [0.15, 0.2) is 47.6 Å². The van der Waals surface area contributed by atoms with Crippen molar-refractivity contribution < 1.29 is 9.90 Å². The topological polar surface area (TPSA) is 43.8 Å². The Balaban J connectivity index is 3.94. The molecule has 0 fully saturated rings. The summed E-state index contributed by atoms with van der Waals surface area (Å²) in [7, 11) is 7.63. The third-order valence-electron chi connectivity index (χ3n) is 5.10. The molecule has 32 heavy (non-hydrogen) atoms. The van der Waals surface area contributed by atoms with Crippen LogP contribution < -0.4 is 0 Å². The minimum Gasteiger partial charge on any atom is -0.396 e. The van der Waals surface area contributed by atoms with Gasteiger partial charge in [0.1, 0.15) is 0 Å². The second-order valence-electron chi connectivity index (χ2n) is 8.00. The van der Waals surface area contributed by atoms with Crippen LogP contribution in [-0.2, 0) is 4.79 Å². The Morgan fingerprint density at radius 2 is 1.62 bits per heavy atom. The predicted octanol–water partition coefficient (Wildman–Crippen LogP) is 6.12. The van der Waals surface area contributed by atoms with Gasteiger partial charge in [-0.15, -0.1) is 0 Å². The van der Waals surface area contributed by atoms with Crippen LogP contribution in [0.5, 0.6) is 0 Å². The number of nitrogens with zero attached hydrogens (tertiary/aromatic N) is 2. The fourth-order valence-corrected chi connectivity index (χ4v) is 4.99. The maximum Gasteiger partial charge on any atom is 0.222 e. The molecule has 0 aromatic heterocycles. The lowest BCUT2D eigenvalue weighted by atomic mass is 10.1. The van der Waals surface area contributed by atoms with Crippen molar-refractivity contribution in [3.8, 4) is 0 Å². The van der Waals surface area contributed by atoms with E-state index in [1.165, 1.54) is 11.1 Å². The van der Waals surface area contributed by atoms with Crippen LogP contribution in [-0.4, -0.2) is 72.7 Å². The van der Waals surface area contributed by atoms with E-state index in [4.69, 9.17) is 5.11 Å². The molecule has 0 atom stereocenters. The van der Waals surface area contributed by atoms with Crippen LogP contribution in [0, 0.1) is 0 Å². The molecule has 0 aliphatic rings. The highest BCUT2D eigenvalue weighted by atomic mass is 33.1. The number of allylic oxidation sites excluding steroid dienone is 7. The lowest BCUT2D eigenvalue weighted by Crippen LogP contribution is -2.30. The van der Waals surface area contributed by atoms with Gasteiger partial charge in [-0.2, -0.15) is 0 Å². The smallest absolute Gasteiger partial charge is 0.222 e. The summed E-state index contributed by atoms with van der Waals surface area (Å²) < 4.78 is 0. The van der Waals surface area contributed by atoms with Gasteiger partial charge in [0.25, 0.3) is 0 Å². The summed E-state index contributed by atoms with van der Waals surface area (Å²) in [6.45, 7) is 9.27. The summed E-state index contributed by atoms with van der Waals surface area (Å²) in [5.41, 5.74) is 2.68. The Morgan fingerprint density at radius 3 is 2.28 bits per heavy atom. The molecule has 0 aliphatic heterocycles. The van der Waals surface area contributed by atoms with Crippen molar-refractivity contribution in [2.45, 2.75) is 59.3 Å². The average Bonchev–Trinajstić information content (AvgIpc) is 2.79. The zero-order chi connectivity index (χ0) is 24.0. The summed E-state index contributed by atoms with van der Waals surface area (Å²) in [5.74, 6) is 2.21. The highest BCUT2D eigenvalue weighted by Gasteiger charge is 2.08. The number of rotatable bonds is 19. The van der Waals surface area contributed by atoms with Gasteiger partial charge in [-0.1, -0.05) is 69.2 Å². The summed E-state index contributed by atoms with van der Waals surface area (Å²) in [6, 6.07) is 0. The van der Waals surface area contributed by atoms with Gasteiger partial charge in [0.2, 0.25) is 5.91 Å². The maximum absolute atomic E-state index is 12.2. The number of carbonyl (C=O) groups is 1. The van der Waals surface area contributed by atoms with E-state index in [1.54, 1.807) is 21.6 Å². The van der Waals surface area contributed by atoms with Crippen LogP contribution in [0.2, 0.25) is 0 Å². The molecule has 0 spiro atoms. The number of likely N-dealkylation sites (N-methyl/N-ethyl adjacent to an activating group) is 1. The van der Waals surface area contributed by atoms with Crippen LogP contribution >= 0.6 is 21.6 Å². The highest BCUT2D eigenvalue weighted by Crippen LogP contribution is 2.23. The zero-order valence-electron chi connectivity index (χ0n) is 21.0. The molecule has 1 N–H and O–H groups in total. The number of aliphatic hydroxyl groups is 1. The number of hydrogen-bond acceptors (Lipinski definition) is 5. The fourth-order valence-electron chi connectivity index (χ4n) is 2.83. The molecule has 0 rings (SSSR count). The van der Waals surface area contributed by atoms with Crippen molar-refractivity contribution >= 4 is 27.5 Å². The van der Waals surface area contributed by atoms with Crippen molar-refractivity contribution in [2.24, 2.45) is 0 Å². The molecule has 0 radical (unpaired) electrons.